The monoisotopic (exact) mass is 464 g/mol. The third kappa shape index (κ3) is 4.47. The molecule has 9 nitrogen and oxygen atoms in total. The second kappa shape index (κ2) is 9.56. The van der Waals surface area contributed by atoms with Gasteiger partial charge in [0.15, 0.2) is 0 Å². The normalized spacial score (nSPS) is 13.0. The number of imidazole rings is 1. The second-order valence-corrected chi connectivity index (χ2v) is 8.24. The second-order valence-electron chi connectivity index (χ2n) is 8.24. The number of anilines is 2. The summed E-state index contributed by atoms with van der Waals surface area (Å²) in [6.07, 6.45) is 1.97. The van der Waals surface area contributed by atoms with E-state index in [0.717, 1.165) is 22.3 Å². The number of aromatic nitrogens is 4. The van der Waals surface area contributed by atoms with Crippen LogP contribution in [0.3, 0.4) is 0 Å². The Hall–Kier alpha value is -3.85. The summed E-state index contributed by atoms with van der Waals surface area (Å²) >= 11 is 0. The molecular weight excluding hydrogens is 430 g/mol. The molecule has 0 saturated carbocycles. The molecule has 2 aromatic heterocycles. The fourth-order valence-electron chi connectivity index (χ4n) is 3.99. The van der Waals surface area contributed by atoms with Crippen molar-refractivity contribution < 1.29 is 8.85 Å². The molecule has 0 atom stereocenters. The number of nitrogens with two attached hydrogens (primary N) is 1. The summed E-state index contributed by atoms with van der Waals surface area (Å²) in [5.74, 6) is 1.60. The molecule has 4 aromatic rings. The minimum absolute atomic E-state index is 0.191. The lowest BCUT2D eigenvalue weighted by atomic mass is 10.1. The van der Waals surface area contributed by atoms with E-state index in [0.29, 0.717) is 42.6 Å². The molecule has 2 heterocycles. The summed E-state index contributed by atoms with van der Waals surface area (Å²) in [5, 5.41) is 0. The van der Waals surface area contributed by atoms with Crippen LogP contribution in [-0.2, 0) is 13.5 Å². The van der Waals surface area contributed by atoms with Gasteiger partial charge in [-0.25, -0.2) is 19.3 Å². The first-order valence-electron chi connectivity index (χ1n) is 12.4. The van der Waals surface area contributed by atoms with Gasteiger partial charge < -0.3 is 20.3 Å². The van der Waals surface area contributed by atoms with Crippen LogP contribution in [0.15, 0.2) is 53.5 Å². The van der Waals surface area contributed by atoms with Gasteiger partial charge in [-0.3, -0.25) is 4.57 Å². The maximum Gasteiger partial charge on any atom is 0.334 e. The first-order chi connectivity index (χ1) is 17.5. The van der Waals surface area contributed by atoms with Crippen LogP contribution < -0.4 is 21.1 Å². The minimum Gasteiger partial charge on any atom is -0.496 e. The molecular formula is C25H31N7O2. The summed E-state index contributed by atoms with van der Waals surface area (Å²) in [6, 6.07) is 12.9. The summed E-state index contributed by atoms with van der Waals surface area (Å²) in [5.41, 5.74) is 9.82. The molecule has 0 aliphatic rings. The molecule has 0 saturated heterocycles. The van der Waals surface area contributed by atoms with Crippen molar-refractivity contribution in [1.82, 2.24) is 24.0 Å². The summed E-state index contributed by atoms with van der Waals surface area (Å²) in [6.45, 7) is -1.35. The molecule has 178 valence electrons. The van der Waals surface area contributed by atoms with E-state index in [1.807, 2.05) is 48.3 Å². The van der Waals surface area contributed by atoms with Gasteiger partial charge in [-0.15, -0.1) is 0 Å². The molecule has 34 heavy (non-hydrogen) atoms. The van der Waals surface area contributed by atoms with Gasteiger partial charge in [-0.1, -0.05) is 12.1 Å². The number of likely N-dealkylation sites (N-methyl/N-ethyl adjacent to an activating group) is 2. The molecule has 0 aliphatic carbocycles. The highest BCUT2D eigenvalue weighted by molar-refractivity contribution is 5.77. The number of hydrogen-bond acceptors (Lipinski definition) is 7. The lowest BCUT2D eigenvalue weighted by Crippen LogP contribution is -2.29. The van der Waals surface area contributed by atoms with Crippen LogP contribution in [0.1, 0.15) is 15.5 Å². The van der Waals surface area contributed by atoms with Crippen LogP contribution in [-0.4, -0.2) is 65.3 Å². The Morgan fingerprint density at radius 2 is 1.91 bits per heavy atom. The molecule has 0 bridgehead atoms. The van der Waals surface area contributed by atoms with Gasteiger partial charge >= 0.3 is 5.69 Å². The van der Waals surface area contributed by atoms with Crippen LogP contribution >= 0.6 is 0 Å². The van der Waals surface area contributed by atoms with Gasteiger partial charge in [0.25, 0.3) is 0 Å². The summed E-state index contributed by atoms with van der Waals surface area (Å²) < 4.78 is 31.3. The first kappa shape index (κ1) is 19.6. The molecule has 2 N–H and O–H groups in total. The van der Waals surface area contributed by atoms with Crippen LogP contribution in [0.25, 0.3) is 16.9 Å². The van der Waals surface area contributed by atoms with Crippen molar-refractivity contribution >= 4 is 22.4 Å². The van der Waals surface area contributed by atoms with Crippen LogP contribution in [0.5, 0.6) is 5.75 Å². The van der Waals surface area contributed by atoms with Crippen LogP contribution in [0.2, 0.25) is 0 Å². The van der Waals surface area contributed by atoms with E-state index in [2.05, 4.69) is 9.97 Å². The first-order valence-corrected chi connectivity index (χ1v) is 10.9. The van der Waals surface area contributed by atoms with Crippen molar-refractivity contribution in [3.05, 3.63) is 70.5 Å². The van der Waals surface area contributed by atoms with Gasteiger partial charge in [0.1, 0.15) is 17.4 Å². The standard InChI is InChI=1S/C25H31N7O2/c1-29(2)12-13-30(3)21-16-22(34-5)17(14-18(21)26)15-23-27-11-10-24(28-23)32-20-9-7-6-8-19(20)31(4)25(32)33/h6-11,14,16H,12-13,15,26H2,1-5H3/i1D3. The summed E-state index contributed by atoms with van der Waals surface area (Å²) in [7, 11) is 6.73. The number of fused-ring (bicyclic) bond motifs is 1. The molecule has 9 heteroatoms. The third-order valence-electron chi connectivity index (χ3n) is 5.84. The number of nitrogen functional groups attached to an aromatic ring is 1. The molecule has 0 radical (unpaired) electrons. The average molecular weight is 465 g/mol. The maximum absolute atomic E-state index is 12.9. The van der Waals surface area contributed by atoms with Crippen LogP contribution in [0, 0.1) is 0 Å². The van der Waals surface area contributed by atoms with Crippen molar-refractivity contribution in [3.8, 4) is 11.6 Å². The zero-order chi connectivity index (χ0) is 26.9. The van der Waals surface area contributed by atoms with Crippen molar-refractivity contribution in [1.29, 1.82) is 0 Å². The number of rotatable bonds is 8. The Kier molecular flexibility index (Phi) is 5.51. The SMILES string of the molecule is [2H]C([2H])([2H])N(C)CCN(C)c1cc(OC)c(Cc2nccc(-n3c(=O)n(C)c4ccccc43)n2)cc1N. The van der Waals surface area contributed by atoms with Gasteiger partial charge in [0.05, 0.1) is 29.5 Å². The number of para-hydroxylation sites is 2. The van der Waals surface area contributed by atoms with Gasteiger partial charge in [0, 0.05) is 55.5 Å². The van der Waals surface area contributed by atoms with Gasteiger partial charge in [-0.05, 0) is 38.3 Å². The molecule has 4 rings (SSSR count). The fraction of sp³-hybridized carbons (Fsp3) is 0.320. The number of hydrogen-bond donors (Lipinski definition) is 1. The fourth-order valence-corrected chi connectivity index (χ4v) is 3.99. The van der Waals surface area contributed by atoms with E-state index in [1.54, 1.807) is 42.6 Å². The number of aryl methyl sites for hydroxylation is 1. The third-order valence-corrected chi connectivity index (χ3v) is 5.84. The van der Waals surface area contributed by atoms with E-state index in [9.17, 15) is 4.79 Å². The number of benzene rings is 2. The maximum atomic E-state index is 12.9. The van der Waals surface area contributed by atoms with Gasteiger partial charge in [0.2, 0.25) is 0 Å². The van der Waals surface area contributed by atoms with E-state index in [4.69, 9.17) is 14.6 Å². The molecule has 0 fully saturated rings. The Labute approximate surface area is 203 Å². The van der Waals surface area contributed by atoms with Crippen molar-refractivity contribution in [2.45, 2.75) is 6.42 Å². The van der Waals surface area contributed by atoms with Crippen molar-refractivity contribution in [2.24, 2.45) is 7.05 Å². The lowest BCUT2D eigenvalue weighted by molar-refractivity contribution is 0.409. The molecule has 0 unspecified atom stereocenters. The highest BCUT2D eigenvalue weighted by atomic mass is 16.5. The summed E-state index contributed by atoms with van der Waals surface area (Å²) in [4.78, 5) is 25.2. The quantitative estimate of drug-likeness (QED) is 0.400. The van der Waals surface area contributed by atoms with Crippen LogP contribution in [0.4, 0.5) is 11.4 Å². The highest BCUT2D eigenvalue weighted by Gasteiger charge is 2.16. The number of nitrogens with zero attached hydrogens (tertiary/aromatic N) is 6. The van der Waals surface area contributed by atoms with Crippen molar-refractivity contribution in [3.63, 3.8) is 0 Å². The lowest BCUT2D eigenvalue weighted by Gasteiger charge is -2.24. The largest absolute Gasteiger partial charge is 0.496 e. The topological polar surface area (TPSA) is 94.4 Å². The molecule has 0 amide bonds. The van der Waals surface area contributed by atoms with Crippen molar-refractivity contribution in [2.75, 3.05) is 51.9 Å². The van der Waals surface area contributed by atoms with E-state index >= 15 is 0 Å². The molecule has 2 aromatic carbocycles. The molecule has 0 spiro atoms. The Morgan fingerprint density at radius 3 is 2.65 bits per heavy atom. The van der Waals surface area contributed by atoms with E-state index < -0.39 is 6.98 Å². The van der Waals surface area contributed by atoms with E-state index in [-0.39, 0.29) is 5.69 Å². The highest BCUT2D eigenvalue weighted by Crippen LogP contribution is 2.32. The minimum atomic E-state index is -2.15. The number of ether oxygens (including phenoxy) is 1. The Morgan fingerprint density at radius 1 is 1.15 bits per heavy atom. The van der Waals surface area contributed by atoms with Gasteiger partial charge in [-0.2, -0.15) is 0 Å². The predicted molar refractivity (Wildman–Crippen MR) is 136 cm³/mol. The predicted octanol–water partition coefficient (Wildman–Crippen LogP) is 2.30. The smallest absolute Gasteiger partial charge is 0.334 e. The average Bonchev–Trinajstić information content (AvgIpc) is 3.12. The Balaban J connectivity index is 1.61. The zero-order valence-electron chi connectivity index (χ0n) is 22.8. The Bertz CT molecular complexity index is 1480. The van der Waals surface area contributed by atoms with E-state index in [1.165, 1.54) is 4.90 Å². The molecule has 0 aliphatic heterocycles. The number of methoxy groups -OCH3 is 1. The zero-order valence-corrected chi connectivity index (χ0v) is 19.8.